The molecule has 1 saturated heterocycles. The van der Waals surface area contributed by atoms with E-state index in [4.69, 9.17) is 0 Å². The molecule has 0 unspecified atom stereocenters. The predicted molar refractivity (Wildman–Crippen MR) is 155 cm³/mol. The number of rotatable bonds is 2. The first kappa shape index (κ1) is 31.9. The molecule has 2 aromatic carbocycles. The van der Waals surface area contributed by atoms with Crippen molar-refractivity contribution in [2.45, 2.75) is 112 Å². The van der Waals surface area contributed by atoms with Crippen molar-refractivity contribution in [3.63, 3.8) is 0 Å². The molecule has 0 saturated carbocycles. The molecule has 0 nitrogen and oxygen atoms in total. The van der Waals surface area contributed by atoms with Crippen LogP contribution in [-0.2, 0) is 31.1 Å². The Kier molecular flexibility index (Phi) is 8.42. The van der Waals surface area contributed by atoms with Gasteiger partial charge >= 0.3 is 227 Å². The standard InChI is InChI=1S/C23H29.C10H15.C2H4.2ClH.Zr/c1-14-9-16-11-17-10-15(2)21(23(6,7)8)13-19(17)18(16)12-20(14)22(3,4)5;1-8-6-5-7-9(8)10(2,3)4;1-2;;;/h9-13H,1-8H3;6H,5H2,1-4H3;1-2H2;2*1H;/q;;;;;+2/p-2. The molecule has 0 spiro atoms. The summed E-state index contributed by atoms with van der Waals surface area (Å²) in [6.07, 6.45) is 3.79. The zero-order valence-electron chi connectivity index (χ0n) is 25.8. The van der Waals surface area contributed by atoms with Crippen molar-refractivity contribution in [1.29, 1.82) is 0 Å². The molecule has 5 rings (SSSR count). The van der Waals surface area contributed by atoms with Gasteiger partial charge in [-0.3, -0.25) is 0 Å². The molecule has 0 amide bonds. The van der Waals surface area contributed by atoms with Crippen molar-refractivity contribution in [3.8, 4) is 11.1 Å². The molecule has 1 aliphatic heterocycles. The maximum absolute atomic E-state index is 2.64. The number of aryl methyl sites for hydroxylation is 2. The Bertz CT molecular complexity index is 1260. The molecule has 1 fully saturated rings. The van der Waals surface area contributed by atoms with Gasteiger partial charge in [-0.2, -0.15) is 0 Å². The van der Waals surface area contributed by atoms with Crippen LogP contribution in [0.1, 0.15) is 113 Å². The van der Waals surface area contributed by atoms with Gasteiger partial charge in [-0.15, -0.1) is 0 Å². The Labute approximate surface area is 250 Å². The molecule has 38 heavy (non-hydrogen) atoms. The number of hydrogen-bond donors (Lipinski definition) is 0. The summed E-state index contributed by atoms with van der Waals surface area (Å²) >= 11 is -2.63. The Morgan fingerprint density at radius 3 is 1.39 bits per heavy atom. The minimum absolute atomic E-state index is 0. The van der Waals surface area contributed by atoms with Gasteiger partial charge in [-0.05, 0) is 0 Å². The zero-order valence-corrected chi connectivity index (χ0v) is 29.8. The zero-order chi connectivity index (χ0) is 26.6. The van der Waals surface area contributed by atoms with Gasteiger partial charge in [0, 0.05) is 0 Å². The van der Waals surface area contributed by atoms with Crippen LogP contribution in [0.3, 0.4) is 0 Å². The van der Waals surface area contributed by atoms with Crippen molar-refractivity contribution >= 4 is 0 Å². The van der Waals surface area contributed by atoms with Crippen molar-refractivity contribution in [2.75, 3.05) is 0 Å². The van der Waals surface area contributed by atoms with E-state index in [2.05, 4.69) is 113 Å². The molecule has 2 aliphatic carbocycles. The van der Waals surface area contributed by atoms with Crippen molar-refractivity contribution in [3.05, 3.63) is 78.1 Å². The first-order valence-electron chi connectivity index (χ1n) is 14.2. The molecule has 0 N–H and O–H groups in total. The van der Waals surface area contributed by atoms with Gasteiger partial charge < -0.3 is 24.8 Å². The van der Waals surface area contributed by atoms with Gasteiger partial charge in [0.05, 0.1) is 0 Å². The van der Waals surface area contributed by atoms with Crippen LogP contribution in [0.15, 0.2) is 44.8 Å². The van der Waals surface area contributed by atoms with Gasteiger partial charge in [0.25, 0.3) is 0 Å². The summed E-state index contributed by atoms with van der Waals surface area (Å²) in [4.78, 5) is 0. The molecule has 0 atom stereocenters. The van der Waals surface area contributed by atoms with Gasteiger partial charge in [0.15, 0.2) is 0 Å². The second-order valence-corrected chi connectivity index (χ2v) is 26.3. The van der Waals surface area contributed by atoms with E-state index in [1.165, 1.54) is 36.9 Å². The second kappa shape index (κ2) is 10.0. The minimum Gasteiger partial charge on any atom is -1.00 e. The molecule has 0 bridgehead atoms. The number of hydrogen-bond acceptors (Lipinski definition) is 0. The molecule has 206 valence electrons. The molecule has 0 aromatic heterocycles. The molecular formula is C35H48Cl2Zr. The predicted octanol–water partition coefficient (Wildman–Crippen LogP) is 4.63. The van der Waals surface area contributed by atoms with E-state index in [9.17, 15) is 0 Å². The van der Waals surface area contributed by atoms with Crippen LogP contribution in [0.4, 0.5) is 0 Å². The molecule has 2 aromatic rings. The Balaban J connectivity index is 0.00000200. The number of halogens is 2. The van der Waals surface area contributed by atoms with E-state index in [1.54, 1.807) is 33.4 Å². The van der Waals surface area contributed by atoms with E-state index < -0.39 is 20.3 Å². The maximum atomic E-state index is 2.64. The molecule has 3 heteroatoms. The number of fused-ring (bicyclic) bond motifs is 3. The fourth-order valence-electron chi connectivity index (χ4n) is 7.88. The van der Waals surface area contributed by atoms with Crippen LogP contribution in [0.2, 0.25) is 8.26 Å². The van der Waals surface area contributed by atoms with Crippen molar-refractivity contribution in [2.24, 2.45) is 5.41 Å². The Morgan fingerprint density at radius 1 is 0.632 bits per heavy atom. The van der Waals surface area contributed by atoms with Crippen LogP contribution in [0, 0.1) is 19.3 Å². The first-order valence-corrected chi connectivity index (χ1v) is 20.3. The third kappa shape index (κ3) is 5.01. The quantitative estimate of drug-likeness (QED) is 0.454. The average Bonchev–Trinajstić information content (AvgIpc) is 3.30. The fraction of sp³-hybridized carbons (Fsp3) is 0.543. The van der Waals surface area contributed by atoms with E-state index in [1.807, 2.05) is 3.28 Å². The van der Waals surface area contributed by atoms with Crippen LogP contribution in [0.25, 0.3) is 11.1 Å². The molecular weight excluding hydrogens is 583 g/mol. The van der Waals surface area contributed by atoms with Gasteiger partial charge in [-0.25, -0.2) is 0 Å². The fourth-order valence-corrected chi connectivity index (χ4v) is 24.2. The van der Waals surface area contributed by atoms with Gasteiger partial charge in [-0.1, -0.05) is 0 Å². The summed E-state index contributed by atoms with van der Waals surface area (Å²) in [5, 5.41) is 0. The smallest absolute Gasteiger partial charge is 1.00 e. The van der Waals surface area contributed by atoms with Crippen LogP contribution < -0.4 is 24.8 Å². The monoisotopic (exact) mass is 628 g/mol. The van der Waals surface area contributed by atoms with Crippen LogP contribution in [-0.4, -0.2) is 0 Å². The largest absolute Gasteiger partial charge is 1.00 e. The van der Waals surface area contributed by atoms with Crippen molar-refractivity contribution < 1.29 is 45.1 Å². The number of benzene rings is 2. The van der Waals surface area contributed by atoms with Gasteiger partial charge in [0.2, 0.25) is 0 Å². The number of allylic oxidation sites excluding steroid dienone is 4. The SMILES string of the molecule is CC1=CC[C]([Zr+2]2([CH]3c4cc(C)c(C(C)(C)C)cc4-c4cc(C(C)(C)C)c(C)cc43)[CH2][CH2]2)=C1C(C)(C)C.[Cl-].[Cl-]. The summed E-state index contributed by atoms with van der Waals surface area (Å²) < 4.78 is 5.67. The van der Waals surface area contributed by atoms with E-state index in [0.29, 0.717) is 3.63 Å². The third-order valence-corrected chi connectivity index (χ3v) is 21.5. The second-order valence-electron chi connectivity index (χ2n) is 15.3. The topological polar surface area (TPSA) is 0 Å². The van der Waals surface area contributed by atoms with Crippen LogP contribution >= 0.6 is 0 Å². The summed E-state index contributed by atoms with van der Waals surface area (Å²) in [6.45, 7) is 28.7. The minimum atomic E-state index is -2.63. The maximum Gasteiger partial charge on any atom is -1.00 e. The van der Waals surface area contributed by atoms with E-state index in [-0.39, 0.29) is 41.1 Å². The molecule has 3 aliphatic rings. The summed E-state index contributed by atoms with van der Waals surface area (Å²) in [5.41, 5.74) is 16.3. The van der Waals surface area contributed by atoms with Crippen LogP contribution in [0.5, 0.6) is 0 Å². The normalized spacial score (nSPS) is 17.6. The van der Waals surface area contributed by atoms with Gasteiger partial charge in [0.1, 0.15) is 0 Å². The third-order valence-electron chi connectivity index (χ3n) is 9.32. The van der Waals surface area contributed by atoms with E-state index in [0.717, 1.165) is 0 Å². The first-order chi connectivity index (χ1) is 16.5. The Morgan fingerprint density at radius 2 is 1.05 bits per heavy atom. The summed E-state index contributed by atoms with van der Waals surface area (Å²) in [6, 6.07) is 10.5. The molecule has 0 radical (unpaired) electrons. The summed E-state index contributed by atoms with van der Waals surface area (Å²) in [7, 11) is 0. The summed E-state index contributed by atoms with van der Waals surface area (Å²) in [5.74, 6) is 0. The Hall–Kier alpha value is -0.617. The van der Waals surface area contributed by atoms with Crippen molar-refractivity contribution in [1.82, 2.24) is 0 Å². The average molecular weight is 631 g/mol. The van der Waals surface area contributed by atoms with E-state index >= 15 is 0 Å². The molecule has 1 heterocycles.